The van der Waals surface area contributed by atoms with Crippen molar-refractivity contribution in [3.63, 3.8) is 0 Å². The normalized spacial score (nSPS) is 22.4. The molecule has 3 atom stereocenters. The first-order chi connectivity index (χ1) is 21.7. The SMILES string of the molecule is CC(C)(C)OC(=O)N1CC[C@@H](NC(=O)CBr)C1.O=C(CN1CCC(O)C1)N[C@@H]1CCN(S(=O)(=O)c2cccc3cncc(Cl)c23)C1. The van der Waals surface area contributed by atoms with Gasteiger partial charge in [-0.3, -0.25) is 19.5 Å². The first-order valence-corrected chi connectivity index (χ1v) is 18.2. The predicted molar refractivity (Wildman–Crippen MR) is 177 cm³/mol. The number of benzene rings is 1. The molecule has 1 aromatic heterocycles. The molecule has 2 aromatic rings. The number of aliphatic hydroxyl groups is 1. The fourth-order valence-corrected chi connectivity index (χ4v) is 7.87. The Kier molecular flexibility index (Phi) is 12.3. The maximum Gasteiger partial charge on any atom is 0.410 e. The zero-order valence-corrected chi connectivity index (χ0v) is 29.4. The van der Waals surface area contributed by atoms with Gasteiger partial charge in [-0.1, -0.05) is 39.7 Å². The Morgan fingerprint density at radius 3 is 2.39 bits per heavy atom. The van der Waals surface area contributed by atoms with Crippen molar-refractivity contribution in [2.75, 3.05) is 51.1 Å². The number of nitrogens with one attached hydrogen (secondary N) is 2. The fourth-order valence-electron chi connectivity index (χ4n) is 5.65. The van der Waals surface area contributed by atoms with E-state index in [0.29, 0.717) is 61.4 Å². The lowest BCUT2D eigenvalue weighted by Gasteiger charge is -2.24. The number of carbonyl (C=O) groups excluding carboxylic acids is 3. The molecule has 0 bridgehead atoms. The van der Waals surface area contributed by atoms with Gasteiger partial charge < -0.3 is 25.4 Å². The fraction of sp³-hybridized carbons (Fsp3) is 0.600. The summed E-state index contributed by atoms with van der Waals surface area (Å²) in [5.41, 5.74) is -0.478. The molecule has 46 heavy (non-hydrogen) atoms. The monoisotopic (exact) mass is 744 g/mol. The lowest BCUT2D eigenvalue weighted by molar-refractivity contribution is -0.122. The molecule has 3 N–H and O–H groups in total. The number of hydrogen-bond donors (Lipinski definition) is 3. The number of aromatic nitrogens is 1. The minimum absolute atomic E-state index is 0.0348. The van der Waals surface area contributed by atoms with E-state index < -0.39 is 15.6 Å². The van der Waals surface area contributed by atoms with Crippen LogP contribution in [0.3, 0.4) is 0 Å². The summed E-state index contributed by atoms with van der Waals surface area (Å²) in [6, 6.07) is 4.79. The molecule has 3 aliphatic heterocycles. The first-order valence-electron chi connectivity index (χ1n) is 15.2. The largest absolute Gasteiger partial charge is 0.444 e. The molecular weight excluding hydrogens is 704 g/mol. The molecule has 3 aliphatic rings. The van der Waals surface area contributed by atoms with Crippen LogP contribution in [0.4, 0.5) is 4.79 Å². The topological polar surface area (TPSA) is 161 Å². The van der Waals surface area contributed by atoms with Crippen LogP contribution in [0.15, 0.2) is 35.5 Å². The summed E-state index contributed by atoms with van der Waals surface area (Å²) < 4.78 is 33.1. The second-order valence-electron chi connectivity index (χ2n) is 12.7. The molecule has 13 nitrogen and oxygen atoms in total. The highest BCUT2D eigenvalue weighted by Gasteiger charge is 2.35. The molecule has 0 spiro atoms. The Balaban J connectivity index is 0.000000242. The van der Waals surface area contributed by atoms with E-state index in [-0.39, 0.29) is 59.4 Å². The Labute approximate surface area is 283 Å². The van der Waals surface area contributed by atoms with E-state index in [2.05, 4.69) is 31.5 Å². The van der Waals surface area contributed by atoms with Crippen molar-refractivity contribution < 1.29 is 32.6 Å². The van der Waals surface area contributed by atoms with Crippen molar-refractivity contribution >= 4 is 66.2 Å². The Bertz CT molecular complexity index is 1520. The van der Waals surface area contributed by atoms with Gasteiger partial charge in [0.2, 0.25) is 21.8 Å². The van der Waals surface area contributed by atoms with E-state index in [0.717, 1.165) is 6.42 Å². The van der Waals surface area contributed by atoms with Gasteiger partial charge in [-0.05, 0) is 46.1 Å². The Morgan fingerprint density at radius 2 is 1.72 bits per heavy atom. The van der Waals surface area contributed by atoms with Crippen LogP contribution < -0.4 is 10.6 Å². The standard InChI is InChI=1S/C19H23ClN4O4S.C11H19BrN2O3/c20-16-9-21-8-13-2-1-3-17(19(13)16)29(27,28)24-7-4-14(10-24)22-18(26)12-23-6-5-15(25)11-23;1-11(2,3)17-10(16)14-5-4-8(7-14)13-9(15)6-12/h1-3,8-9,14-15,25H,4-7,10-12H2,(H,22,26);8H,4-7H2,1-3H3,(H,13,15)/t14-,15?;8-/m11/s1. The smallest absolute Gasteiger partial charge is 0.410 e. The first kappa shape index (κ1) is 36.3. The van der Waals surface area contributed by atoms with Crippen molar-refractivity contribution in [2.45, 2.75) is 68.7 Å². The number of sulfonamides is 1. The van der Waals surface area contributed by atoms with Gasteiger partial charge in [0.1, 0.15) is 5.60 Å². The van der Waals surface area contributed by atoms with Gasteiger partial charge in [0, 0.05) is 74.5 Å². The third-order valence-corrected chi connectivity index (χ3v) is 10.5. The lowest BCUT2D eigenvalue weighted by Crippen LogP contribution is -2.43. The van der Waals surface area contributed by atoms with E-state index in [1.807, 2.05) is 25.7 Å². The number of ether oxygens (including phenoxy) is 1. The molecule has 254 valence electrons. The zero-order chi connectivity index (χ0) is 33.6. The van der Waals surface area contributed by atoms with E-state index in [1.54, 1.807) is 29.3 Å². The van der Waals surface area contributed by atoms with Gasteiger partial charge >= 0.3 is 6.09 Å². The highest BCUT2D eigenvalue weighted by atomic mass is 79.9. The number of amides is 3. The molecule has 1 aromatic carbocycles. The van der Waals surface area contributed by atoms with Crippen molar-refractivity contribution in [1.82, 2.24) is 29.7 Å². The van der Waals surface area contributed by atoms with Gasteiger partial charge in [0.15, 0.2) is 0 Å². The average Bonchev–Trinajstić information content (AvgIpc) is 3.74. The quantitative estimate of drug-likeness (QED) is 0.362. The summed E-state index contributed by atoms with van der Waals surface area (Å²) in [6.07, 6.45) is 4.33. The summed E-state index contributed by atoms with van der Waals surface area (Å²) in [4.78, 5) is 42.9. The summed E-state index contributed by atoms with van der Waals surface area (Å²) in [5.74, 6) is -0.205. The summed E-state index contributed by atoms with van der Waals surface area (Å²) in [5, 5.41) is 17.0. The third-order valence-electron chi connectivity index (χ3n) is 7.77. The van der Waals surface area contributed by atoms with Gasteiger partial charge in [-0.25, -0.2) is 13.2 Å². The molecule has 4 heterocycles. The van der Waals surface area contributed by atoms with Gasteiger partial charge in [0.05, 0.1) is 27.9 Å². The average molecular weight is 746 g/mol. The molecule has 0 radical (unpaired) electrons. The van der Waals surface area contributed by atoms with E-state index in [9.17, 15) is 27.9 Å². The number of fused-ring (bicyclic) bond motifs is 1. The molecule has 3 saturated heterocycles. The van der Waals surface area contributed by atoms with Crippen molar-refractivity contribution in [2.24, 2.45) is 0 Å². The van der Waals surface area contributed by atoms with E-state index in [1.165, 1.54) is 10.5 Å². The summed E-state index contributed by atoms with van der Waals surface area (Å²) in [6.45, 7) is 8.61. The van der Waals surface area contributed by atoms with Crippen LogP contribution in [0, 0.1) is 0 Å². The van der Waals surface area contributed by atoms with Crippen LogP contribution in [0.2, 0.25) is 5.02 Å². The van der Waals surface area contributed by atoms with Crippen LogP contribution in [0.5, 0.6) is 0 Å². The van der Waals surface area contributed by atoms with Crippen molar-refractivity contribution in [1.29, 1.82) is 0 Å². The molecule has 1 unspecified atom stereocenters. The number of hydrogen-bond acceptors (Lipinski definition) is 9. The molecular formula is C30H42BrClN6O7S. The number of aliphatic hydroxyl groups excluding tert-OH is 1. The zero-order valence-electron chi connectivity index (χ0n) is 26.2. The molecule has 0 aliphatic carbocycles. The molecule has 16 heteroatoms. The highest BCUT2D eigenvalue weighted by Crippen LogP contribution is 2.32. The van der Waals surface area contributed by atoms with Crippen LogP contribution in [-0.4, -0.2) is 125 Å². The minimum atomic E-state index is -3.76. The predicted octanol–water partition coefficient (Wildman–Crippen LogP) is 2.34. The number of β-amino-alcohol motifs (C(OH)–C–C–N with tert-alkyl or cyclic N) is 1. The van der Waals surface area contributed by atoms with Gasteiger partial charge in [-0.15, -0.1) is 0 Å². The number of alkyl halides is 1. The van der Waals surface area contributed by atoms with Crippen LogP contribution in [0.1, 0.15) is 40.0 Å². The number of carbonyl (C=O) groups is 3. The summed E-state index contributed by atoms with van der Waals surface area (Å²) >= 11 is 9.33. The van der Waals surface area contributed by atoms with Gasteiger partial charge in [0.25, 0.3) is 0 Å². The number of rotatable bonds is 7. The lowest BCUT2D eigenvalue weighted by atomic mass is 10.2. The number of pyridine rings is 1. The molecule has 3 fully saturated rings. The highest BCUT2D eigenvalue weighted by molar-refractivity contribution is 9.09. The number of nitrogens with zero attached hydrogens (tertiary/aromatic N) is 4. The van der Waals surface area contributed by atoms with E-state index in [4.69, 9.17) is 16.3 Å². The Morgan fingerprint density at radius 1 is 1.02 bits per heavy atom. The van der Waals surface area contributed by atoms with Gasteiger partial charge in [-0.2, -0.15) is 4.31 Å². The minimum Gasteiger partial charge on any atom is -0.444 e. The second-order valence-corrected chi connectivity index (χ2v) is 15.6. The maximum atomic E-state index is 13.2. The number of halogens is 2. The third kappa shape index (κ3) is 9.73. The van der Waals surface area contributed by atoms with Crippen LogP contribution >= 0.6 is 27.5 Å². The van der Waals surface area contributed by atoms with Crippen LogP contribution in [0.25, 0.3) is 10.8 Å². The molecule has 3 amide bonds. The van der Waals surface area contributed by atoms with Crippen molar-refractivity contribution in [3.8, 4) is 0 Å². The Hall–Kier alpha value is -2.56. The summed E-state index contributed by atoms with van der Waals surface area (Å²) in [7, 11) is -3.76. The van der Waals surface area contributed by atoms with Crippen LogP contribution in [-0.2, 0) is 24.3 Å². The van der Waals surface area contributed by atoms with E-state index >= 15 is 0 Å². The molecule has 5 rings (SSSR count). The van der Waals surface area contributed by atoms with Crippen molar-refractivity contribution in [3.05, 3.63) is 35.6 Å². The number of likely N-dealkylation sites (tertiary alicyclic amines) is 2. The molecule has 0 saturated carbocycles. The maximum absolute atomic E-state index is 13.2. The second kappa shape index (κ2) is 15.6.